The average molecular weight is 586 g/mol. The summed E-state index contributed by atoms with van der Waals surface area (Å²) in [7, 11) is 0. The molecule has 0 N–H and O–H groups in total. The van der Waals surface area contributed by atoms with Gasteiger partial charge in [0, 0.05) is 12.8 Å². The summed E-state index contributed by atoms with van der Waals surface area (Å²) < 4.78 is 6.01. The minimum absolute atomic E-state index is 0.353. The maximum atomic E-state index is 13.5. The first-order valence-electron chi connectivity index (χ1n) is 15.4. The SMILES string of the molecule is C=C(CCCC1(CCC)C(=O)CCCc2ccc(C#N)cc21)CCOc1ccc(C2(C)CCC2)cc1.C=CC.C=O.C=O. The van der Waals surface area contributed by atoms with E-state index in [2.05, 4.69) is 63.4 Å². The minimum Gasteiger partial charge on any atom is -0.493 e. The number of ether oxygens (including phenoxy) is 1. The van der Waals surface area contributed by atoms with Crippen LogP contribution in [0.5, 0.6) is 5.75 Å². The molecule has 43 heavy (non-hydrogen) atoms. The van der Waals surface area contributed by atoms with Crippen LogP contribution in [0.15, 0.2) is 67.3 Å². The molecule has 0 saturated heterocycles. The second kappa shape index (κ2) is 19.4. The van der Waals surface area contributed by atoms with Crippen LogP contribution in [0.1, 0.15) is 114 Å². The summed E-state index contributed by atoms with van der Waals surface area (Å²) in [6, 6.07) is 16.9. The Hall–Kier alpha value is -3.78. The lowest BCUT2D eigenvalue weighted by Gasteiger charge is -2.39. The van der Waals surface area contributed by atoms with E-state index in [-0.39, 0.29) is 0 Å². The lowest BCUT2D eigenvalue weighted by molar-refractivity contribution is -0.125. The van der Waals surface area contributed by atoms with Crippen LogP contribution in [0, 0.1) is 11.3 Å². The van der Waals surface area contributed by atoms with Crippen molar-refractivity contribution in [3.63, 3.8) is 0 Å². The summed E-state index contributed by atoms with van der Waals surface area (Å²) >= 11 is 0. The van der Waals surface area contributed by atoms with Crippen LogP contribution in [0.25, 0.3) is 0 Å². The number of benzene rings is 2. The second-order valence-corrected chi connectivity index (χ2v) is 11.6. The number of hydrogen-bond acceptors (Lipinski definition) is 5. The number of Topliss-reactive ketones (excluding diaryl/α,β-unsaturated/α-hetero) is 1. The zero-order valence-electron chi connectivity index (χ0n) is 26.7. The third-order valence-electron chi connectivity index (χ3n) is 8.68. The molecular formula is C38H51NO4. The maximum absolute atomic E-state index is 13.5. The van der Waals surface area contributed by atoms with Crippen molar-refractivity contribution in [3.8, 4) is 11.8 Å². The topological polar surface area (TPSA) is 84.2 Å². The van der Waals surface area contributed by atoms with Gasteiger partial charge in [0.15, 0.2) is 0 Å². The van der Waals surface area contributed by atoms with E-state index in [9.17, 15) is 10.1 Å². The molecule has 5 nitrogen and oxygen atoms in total. The molecule has 4 rings (SSSR count). The van der Waals surface area contributed by atoms with Gasteiger partial charge in [0.1, 0.15) is 25.1 Å². The molecule has 0 radical (unpaired) electrons. The molecule has 1 atom stereocenters. The summed E-state index contributed by atoms with van der Waals surface area (Å²) in [5, 5.41) is 9.49. The molecule has 0 bridgehead atoms. The number of rotatable bonds is 11. The average Bonchev–Trinajstić information content (AvgIpc) is 3.14. The lowest BCUT2D eigenvalue weighted by atomic mass is 9.66. The molecule has 2 aliphatic rings. The summed E-state index contributed by atoms with van der Waals surface area (Å²) in [5.41, 5.74) is 5.49. The number of nitrogens with zero attached hydrogens (tertiary/aromatic N) is 1. The Balaban J connectivity index is 0.00000122. The number of carbonyl (C=O) groups is 3. The monoisotopic (exact) mass is 585 g/mol. The van der Waals surface area contributed by atoms with Crippen molar-refractivity contribution >= 4 is 19.4 Å². The van der Waals surface area contributed by atoms with E-state index >= 15 is 0 Å². The number of hydrogen-bond donors (Lipinski definition) is 0. The van der Waals surface area contributed by atoms with Crippen molar-refractivity contribution in [1.29, 1.82) is 5.26 Å². The van der Waals surface area contributed by atoms with Crippen molar-refractivity contribution in [3.05, 3.63) is 89.5 Å². The number of carbonyl (C=O) groups excluding carboxylic acids is 3. The van der Waals surface area contributed by atoms with Crippen molar-refractivity contribution in [2.45, 2.75) is 109 Å². The van der Waals surface area contributed by atoms with Crippen LogP contribution in [-0.2, 0) is 31.6 Å². The second-order valence-electron chi connectivity index (χ2n) is 11.6. The molecule has 0 aliphatic heterocycles. The normalized spacial score (nSPS) is 17.7. The van der Waals surface area contributed by atoms with Crippen molar-refractivity contribution < 1.29 is 19.1 Å². The molecule has 0 heterocycles. The molecule has 1 saturated carbocycles. The van der Waals surface area contributed by atoms with E-state index in [1.54, 1.807) is 6.08 Å². The molecule has 5 heteroatoms. The fourth-order valence-corrected chi connectivity index (χ4v) is 6.27. The van der Waals surface area contributed by atoms with Crippen LogP contribution in [0.2, 0.25) is 0 Å². The molecular weight excluding hydrogens is 534 g/mol. The van der Waals surface area contributed by atoms with Crippen LogP contribution in [0.4, 0.5) is 0 Å². The van der Waals surface area contributed by atoms with Crippen LogP contribution in [0.3, 0.4) is 0 Å². The molecule has 2 aromatic rings. The summed E-state index contributed by atoms with van der Waals surface area (Å²) in [6.07, 6.45) is 13.3. The highest BCUT2D eigenvalue weighted by Gasteiger charge is 2.41. The molecule has 0 amide bonds. The number of aryl methyl sites for hydroxylation is 1. The van der Waals surface area contributed by atoms with E-state index in [0.29, 0.717) is 29.8 Å². The molecule has 1 unspecified atom stereocenters. The lowest BCUT2D eigenvalue weighted by Crippen LogP contribution is -2.36. The Morgan fingerprint density at radius 3 is 2.21 bits per heavy atom. The highest BCUT2D eigenvalue weighted by atomic mass is 16.5. The van der Waals surface area contributed by atoms with Gasteiger partial charge >= 0.3 is 0 Å². The molecule has 232 valence electrons. The van der Waals surface area contributed by atoms with Gasteiger partial charge in [0.25, 0.3) is 0 Å². The van der Waals surface area contributed by atoms with Crippen molar-refractivity contribution in [1.82, 2.24) is 0 Å². The van der Waals surface area contributed by atoms with E-state index in [1.807, 2.05) is 32.6 Å². The van der Waals surface area contributed by atoms with Gasteiger partial charge in [-0.3, -0.25) is 4.79 Å². The molecule has 1 fully saturated rings. The van der Waals surface area contributed by atoms with Gasteiger partial charge in [-0.05, 0) is 105 Å². The Labute approximate surface area is 260 Å². The number of allylic oxidation sites excluding steroid dienone is 1. The van der Waals surface area contributed by atoms with E-state index in [1.165, 1.54) is 36.0 Å². The summed E-state index contributed by atoms with van der Waals surface area (Å²) in [5.74, 6) is 1.27. The first kappa shape index (κ1) is 37.2. The predicted octanol–water partition coefficient (Wildman–Crippen LogP) is 8.96. The third-order valence-corrected chi connectivity index (χ3v) is 8.68. The van der Waals surface area contributed by atoms with E-state index in [4.69, 9.17) is 14.3 Å². The standard InChI is InChI=1S/C33H41NO2.C3H6.2CH2O/c1-4-18-33(30-23-26(24-34)11-12-27(30)9-5-10-31(33)35)21-6-8-25(2)17-22-36-29-15-13-28(14-16-29)32(3)19-7-20-32;1-3-2;2*1-2/h11-16,23H,2,4-10,17-22H2,1,3H3;3H,1H2,2H3;2*1H2. The Kier molecular flexibility index (Phi) is 16.8. The number of fused-ring (bicyclic) bond motifs is 1. The first-order valence-corrected chi connectivity index (χ1v) is 15.4. The molecule has 2 aromatic carbocycles. The Bertz CT molecular complexity index is 1200. The predicted molar refractivity (Wildman–Crippen MR) is 177 cm³/mol. The highest BCUT2D eigenvalue weighted by Crippen LogP contribution is 2.44. The fraction of sp³-hybridized carbons (Fsp3) is 0.474. The molecule has 0 aromatic heterocycles. The van der Waals surface area contributed by atoms with Gasteiger partial charge in [-0.25, -0.2) is 0 Å². The van der Waals surface area contributed by atoms with Crippen molar-refractivity contribution in [2.75, 3.05) is 6.61 Å². The minimum atomic E-state index is -0.469. The zero-order chi connectivity index (χ0) is 32.3. The number of ketones is 1. The first-order chi connectivity index (χ1) is 20.8. The molecule has 2 aliphatic carbocycles. The van der Waals surface area contributed by atoms with Gasteiger partial charge in [-0.15, -0.1) is 6.58 Å². The molecule has 0 spiro atoms. The van der Waals surface area contributed by atoms with Gasteiger partial charge in [0.2, 0.25) is 0 Å². The number of nitriles is 1. The fourth-order valence-electron chi connectivity index (χ4n) is 6.27. The Morgan fingerprint density at radius 1 is 1.00 bits per heavy atom. The van der Waals surface area contributed by atoms with Crippen LogP contribution >= 0.6 is 0 Å². The zero-order valence-corrected chi connectivity index (χ0v) is 26.7. The Morgan fingerprint density at radius 2 is 1.65 bits per heavy atom. The van der Waals surface area contributed by atoms with Gasteiger partial charge in [-0.1, -0.05) is 63.1 Å². The van der Waals surface area contributed by atoms with Gasteiger partial charge < -0.3 is 14.3 Å². The van der Waals surface area contributed by atoms with E-state index < -0.39 is 5.41 Å². The highest BCUT2D eigenvalue weighted by molar-refractivity contribution is 5.91. The largest absolute Gasteiger partial charge is 0.493 e. The van der Waals surface area contributed by atoms with Gasteiger partial charge in [0.05, 0.1) is 23.7 Å². The summed E-state index contributed by atoms with van der Waals surface area (Å²) in [6.45, 7) is 18.7. The van der Waals surface area contributed by atoms with Crippen molar-refractivity contribution in [2.24, 2.45) is 0 Å². The third kappa shape index (κ3) is 10.2. The smallest absolute Gasteiger partial charge is 0.143 e. The van der Waals surface area contributed by atoms with Gasteiger partial charge in [-0.2, -0.15) is 5.26 Å². The van der Waals surface area contributed by atoms with Crippen LogP contribution < -0.4 is 4.74 Å². The quantitative estimate of drug-likeness (QED) is 0.194. The maximum Gasteiger partial charge on any atom is 0.143 e. The van der Waals surface area contributed by atoms with Crippen LogP contribution in [-0.4, -0.2) is 26.0 Å². The van der Waals surface area contributed by atoms with E-state index in [0.717, 1.165) is 62.7 Å². The summed E-state index contributed by atoms with van der Waals surface area (Å²) in [4.78, 5) is 29.5.